The standard InChI is InChI=1S/C16H22N2O/c1-4-19-15-9-14(10-15)18-13-7-5-12(6-8-13)16(2,3)11-17/h5-8,14-15,18H,4,9-10H2,1-3H3. The lowest BCUT2D eigenvalue weighted by Gasteiger charge is -2.36. The van der Waals surface area contributed by atoms with E-state index in [1.54, 1.807) is 0 Å². The van der Waals surface area contributed by atoms with E-state index in [2.05, 4.69) is 23.5 Å². The minimum atomic E-state index is -0.422. The van der Waals surface area contributed by atoms with Gasteiger partial charge in [-0.2, -0.15) is 5.26 Å². The van der Waals surface area contributed by atoms with E-state index in [1.807, 2.05) is 32.9 Å². The van der Waals surface area contributed by atoms with E-state index in [9.17, 15) is 0 Å². The van der Waals surface area contributed by atoms with E-state index < -0.39 is 5.41 Å². The molecule has 1 aromatic rings. The molecule has 0 unspecified atom stereocenters. The van der Waals surface area contributed by atoms with E-state index in [0.29, 0.717) is 12.1 Å². The average Bonchev–Trinajstić information content (AvgIpc) is 2.37. The summed E-state index contributed by atoms with van der Waals surface area (Å²) in [6.07, 6.45) is 2.60. The molecule has 3 nitrogen and oxygen atoms in total. The Morgan fingerprint density at radius 3 is 2.47 bits per heavy atom. The van der Waals surface area contributed by atoms with Gasteiger partial charge in [0.15, 0.2) is 0 Å². The number of hydrogen-bond acceptors (Lipinski definition) is 3. The van der Waals surface area contributed by atoms with Gasteiger partial charge in [0.05, 0.1) is 17.6 Å². The largest absolute Gasteiger partial charge is 0.382 e. The lowest BCUT2D eigenvalue weighted by molar-refractivity contribution is 0.00299. The molecule has 0 spiro atoms. The van der Waals surface area contributed by atoms with Gasteiger partial charge in [-0.25, -0.2) is 0 Å². The summed E-state index contributed by atoms with van der Waals surface area (Å²) in [5.74, 6) is 0. The van der Waals surface area contributed by atoms with Gasteiger partial charge in [-0.05, 0) is 51.3 Å². The Hall–Kier alpha value is -1.53. The molecular formula is C16H22N2O. The minimum absolute atomic E-state index is 0.422. The number of benzene rings is 1. The molecule has 102 valence electrons. The van der Waals surface area contributed by atoms with Crippen molar-refractivity contribution in [3.63, 3.8) is 0 Å². The summed E-state index contributed by atoms with van der Waals surface area (Å²) >= 11 is 0. The van der Waals surface area contributed by atoms with E-state index in [4.69, 9.17) is 10.00 Å². The molecule has 1 aromatic carbocycles. The zero-order valence-corrected chi connectivity index (χ0v) is 11.9. The number of nitrogens with zero attached hydrogens (tertiary/aromatic N) is 1. The molecule has 0 amide bonds. The van der Waals surface area contributed by atoms with Gasteiger partial charge in [-0.3, -0.25) is 0 Å². The maximum Gasteiger partial charge on any atom is 0.0766 e. The number of nitrogens with one attached hydrogen (secondary N) is 1. The van der Waals surface area contributed by atoms with Gasteiger partial charge >= 0.3 is 0 Å². The first kappa shape index (κ1) is 13.9. The average molecular weight is 258 g/mol. The van der Waals surface area contributed by atoms with Gasteiger partial charge in [0, 0.05) is 18.3 Å². The Morgan fingerprint density at radius 1 is 1.32 bits per heavy atom. The highest BCUT2D eigenvalue weighted by Gasteiger charge is 2.29. The second kappa shape index (κ2) is 5.63. The topological polar surface area (TPSA) is 45.0 Å². The molecule has 1 fully saturated rings. The molecule has 0 heterocycles. The van der Waals surface area contributed by atoms with Crippen LogP contribution < -0.4 is 5.32 Å². The first-order valence-corrected chi connectivity index (χ1v) is 6.95. The number of rotatable bonds is 5. The zero-order valence-electron chi connectivity index (χ0n) is 11.9. The summed E-state index contributed by atoms with van der Waals surface area (Å²) in [6, 6.07) is 11.0. The summed E-state index contributed by atoms with van der Waals surface area (Å²) in [5, 5.41) is 12.6. The van der Waals surface area contributed by atoms with Crippen LogP contribution in [0.3, 0.4) is 0 Å². The predicted molar refractivity (Wildman–Crippen MR) is 77.1 cm³/mol. The number of anilines is 1. The van der Waals surface area contributed by atoms with Crippen molar-refractivity contribution in [1.29, 1.82) is 5.26 Å². The van der Waals surface area contributed by atoms with Crippen LogP contribution in [0.25, 0.3) is 0 Å². The van der Waals surface area contributed by atoms with Crippen molar-refractivity contribution >= 4 is 5.69 Å². The van der Waals surface area contributed by atoms with E-state index in [1.165, 1.54) is 0 Å². The second-order valence-corrected chi connectivity index (χ2v) is 5.70. The molecule has 0 radical (unpaired) electrons. The molecule has 19 heavy (non-hydrogen) atoms. The summed E-state index contributed by atoms with van der Waals surface area (Å²) in [6.45, 7) is 6.72. The van der Waals surface area contributed by atoms with E-state index in [0.717, 1.165) is 30.7 Å². The number of nitriles is 1. The smallest absolute Gasteiger partial charge is 0.0766 e. The summed E-state index contributed by atoms with van der Waals surface area (Å²) in [7, 11) is 0. The van der Waals surface area contributed by atoms with Gasteiger partial charge in [-0.15, -0.1) is 0 Å². The van der Waals surface area contributed by atoms with Gasteiger partial charge < -0.3 is 10.1 Å². The summed E-state index contributed by atoms with van der Waals surface area (Å²) in [4.78, 5) is 0. The number of ether oxygens (including phenoxy) is 1. The lowest BCUT2D eigenvalue weighted by Crippen LogP contribution is -2.40. The fourth-order valence-corrected chi connectivity index (χ4v) is 2.34. The highest BCUT2D eigenvalue weighted by molar-refractivity contribution is 5.48. The molecular weight excluding hydrogens is 236 g/mol. The fraction of sp³-hybridized carbons (Fsp3) is 0.562. The molecule has 3 heteroatoms. The van der Waals surface area contributed by atoms with Crippen LogP contribution in [0.15, 0.2) is 24.3 Å². The van der Waals surface area contributed by atoms with Crippen LogP contribution in [0, 0.1) is 11.3 Å². The van der Waals surface area contributed by atoms with Gasteiger partial charge in [0.2, 0.25) is 0 Å². The predicted octanol–water partition coefficient (Wildman–Crippen LogP) is 3.47. The second-order valence-electron chi connectivity index (χ2n) is 5.70. The third kappa shape index (κ3) is 3.27. The maximum atomic E-state index is 9.11. The third-order valence-corrected chi connectivity index (χ3v) is 3.75. The molecule has 1 N–H and O–H groups in total. The Morgan fingerprint density at radius 2 is 1.95 bits per heavy atom. The van der Waals surface area contributed by atoms with Crippen molar-refractivity contribution in [2.75, 3.05) is 11.9 Å². The molecule has 2 rings (SSSR count). The van der Waals surface area contributed by atoms with Crippen LogP contribution in [0.5, 0.6) is 0 Å². The Bertz CT molecular complexity index is 453. The molecule has 0 aliphatic heterocycles. The Kier molecular flexibility index (Phi) is 4.11. The quantitative estimate of drug-likeness (QED) is 0.879. The van der Waals surface area contributed by atoms with Gasteiger partial charge in [-0.1, -0.05) is 12.1 Å². The molecule has 1 aliphatic carbocycles. The molecule has 0 saturated heterocycles. The Balaban J connectivity index is 1.89. The van der Waals surface area contributed by atoms with Crippen molar-refractivity contribution < 1.29 is 4.74 Å². The third-order valence-electron chi connectivity index (χ3n) is 3.75. The van der Waals surface area contributed by atoms with E-state index in [-0.39, 0.29) is 0 Å². The van der Waals surface area contributed by atoms with Crippen molar-refractivity contribution in [2.45, 2.75) is 51.2 Å². The zero-order chi connectivity index (χ0) is 13.9. The van der Waals surface area contributed by atoms with Gasteiger partial charge in [0.1, 0.15) is 0 Å². The molecule has 0 aromatic heterocycles. The van der Waals surface area contributed by atoms with Crippen LogP contribution in [0.2, 0.25) is 0 Å². The highest BCUT2D eigenvalue weighted by Crippen LogP contribution is 2.28. The minimum Gasteiger partial charge on any atom is -0.382 e. The van der Waals surface area contributed by atoms with Crippen molar-refractivity contribution in [3.05, 3.63) is 29.8 Å². The van der Waals surface area contributed by atoms with Crippen LogP contribution >= 0.6 is 0 Å². The summed E-state index contributed by atoms with van der Waals surface area (Å²) in [5.41, 5.74) is 1.76. The van der Waals surface area contributed by atoms with Crippen LogP contribution in [-0.4, -0.2) is 18.8 Å². The van der Waals surface area contributed by atoms with Crippen LogP contribution in [0.4, 0.5) is 5.69 Å². The maximum absolute atomic E-state index is 9.11. The molecule has 1 saturated carbocycles. The summed E-state index contributed by atoms with van der Waals surface area (Å²) < 4.78 is 5.55. The monoisotopic (exact) mass is 258 g/mol. The molecule has 0 atom stereocenters. The molecule has 1 aliphatic rings. The lowest BCUT2D eigenvalue weighted by atomic mass is 9.86. The van der Waals surface area contributed by atoms with E-state index >= 15 is 0 Å². The molecule has 0 bridgehead atoms. The van der Waals surface area contributed by atoms with Crippen LogP contribution in [-0.2, 0) is 10.2 Å². The normalized spacial score (nSPS) is 22.4. The van der Waals surface area contributed by atoms with Crippen molar-refractivity contribution in [1.82, 2.24) is 0 Å². The Labute approximate surface area is 115 Å². The van der Waals surface area contributed by atoms with Crippen molar-refractivity contribution in [2.24, 2.45) is 0 Å². The van der Waals surface area contributed by atoms with Gasteiger partial charge in [0.25, 0.3) is 0 Å². The highest BCUT2D eigenvalue weighted by atomic mass is 16.5. The van der Waals surface area contributed by atoms with Crippen LogP contribution in [0.1, 0.15) is 39.2 Å². The number of hydrogen-bond donors (Lipinski definition) is 1. The van der Waals surface area contributed by atoms with Crippen molar-refractivity contribution in [3.8, 4) is 6.07 Å². The first-order chi connectivity index (χ1) is 9.05. The first-order valence-electron chi connectivity index (χ1n) is 6.95. The fourth-order valence-electron chi connectivity index (χ4n) is 2.34. The SMILES string of the molecule is CCOC1CC(Nc2ccc(C(C)(C)C#N)cc2)C1.